The number of guanidine groups is 1. The summed E-state index contributed by atoms with van der Waals surface area (Å²) in [4.78, 5) is 29.1. The van der Waals surface area contributed by atoms with Gasteiger partial charge in [-0.1, -0.05) is 0 Å². The van der Waals surface area contributed by atoms with Crippen LogP contribution in [0.3, 0.4) is 0 Å². The maximum Gasteiger partial charge on any atom is 0.437 e. The third-order valence-corrected chi connectivity index (χ3v) is 2.57. The normalized spacial score (nSPS) is 18.1. The third-order valence-electron chi connectivity index (χ3n) is 2.57. The molecule has 23 heavy (non-hydrogen) atoms. The first-order valence-corrected chi connectivity index (χ1v) is 7.46. The number of nitrogens with zero attached hydrogens (tertiary/aromatic N) is 2. The fourth-order valence-corrected chi connectivity index (χ4v) is 1.87. The molecular weight excluding hydrogens is 302 g/mol. The van der Waals surface area contributed by atoms with E-state index >= 15 is 0 Å². The van der Waals surface area contributed by atoms with Crippen molar-refractivity contribution in [3.05, 3.63) is 0 Å². The van der Waals surface area contributed by atoms with Gasteiger partial charge in [0.2, 0.25) is 5.96 Å². The summed E-state index contributed by atoms with van der Waals surface area (Å²) in [6.45, 7) is 12.5. The number of nitrogens with one attached hydrogen (secondary N) is 1. The second-order valence-electron chi connectivity index (χ2n) is 7.90. The molecular formula is C15H27N3O5. The molecule has 0 aromatic heterocycles. The highest BCUT2D eigenvalue weighted by Gasteiger charge is 2.39. The van der Waals surface area contributed by atoms with Crippen LogP contribution in [0.25, 0.3) is 0 Å². The second kappa shape index (κ2) is 6.35. The van der Waals surface area contributed by atoms with Crippen LogP contribution in [0, 0.1) is 0 Å². The van der Waals surface area contributed by atoms with Crippen LogP contribution < -0.4 is 5.32 Å². The number of amides is 2. The van der Waals surface area contributed by atoms with Gasteiger partial charge in [-0.05, 0) is 48.5 Å². The van der Waals surface area contributed by atoms with Crippen molar-refractivity contribution >= 4 is 18.1 Å². The number of aliphatic imine (C=N–C) groups is 1. The molecule has 0 aromatic carbocycles. The average molecular weight is 329 g/mol. The molecule has 0 aromatic rings. The van der Waals surface area contributed by atoms with Gasteiger partial charge in [-0.3, -0.25) is 5.32 Å². The molecule has 1 fully saturated rings. The van der Waals surface area contributed by atoms with E-state index in [1.165, 1.54) is 0 Å². The summed E-state index contributed by atoms with van der Waals surface area (Å²) in [5.41, 5.74) is -2.26. The molecule has 0 spiro atoms. The Morgan fingerprint density at radius 3 is 1.96 bits per heavy atom. The summed E-state index contributed by atoms with van der Waals surface area (Å²) < 4.78 is 10.3. The van der Waals surface area contributed by atoms with Gasteiger partial charge in [0, 0.05) is 0 Å². The number of alkyl carbamates (subject to hydrolysis) is 1. The smallest absolute Gasteiger partial charge is 0.437 e. The van der Waals surface area contributed by atoms with E-state index in [1.807, 2.05) is 0 Å². The van der Waals surface area contributed by atoms with Gasteiger partial charge >= 0.3 is 12.2 Å². The molecule has 2 amide bonds. The maximum atomic E-state index is 11.9. The van der Waals surface area contributed by atoms with Gasteiger partial charge in [-0.2, -0.15) is 0 Å². The molecule has 132 valence electrons. The first kappa shape index (κ1) is 19.2. The zero-order valence-corrected chi connectivity index (χ0v) is 14.9. The van der Waals surface area contributed by atoms with Crippen LogP contribution >= 0.6 is 0 Å². The maximum absolute atomic E-state index is 11.9. The lowest BCUT2D eigenvalue weighted by molar-refractivity contribution is -0.0517. The fraction of sp³-hybridized carbons (Fsp3) is 0.800. The van der Waals surface area contributed by atoms with Crippen molar-refractivity contribution < 1.29 is 24.2 Å². The molecule has 1 aliphatic rings. The van der Waals surface area contributed by atoms with Crippen LogP contribution in [0.4, 0.5) is 9.59 Å². The highest BCUT2D eigenvalue weighted by Crippen LogP contribution is 2.20. The van der Waals surface area contributed by atoms with E-state index in [0.717, 1.165) is 0 Å². The fourth-order valence-electron chi connectivity index (χ4n) is 1.87. The third kappa shape index (κ3) is 7.32. The number of likely N-dealkylation sites (tertiary alicyclic amines) is 1. The molecule has 0 atom stereocenters. The number of hydrogen-bond acceptors (Lipinski definition) is 5. The van der Waals surface area contributed by atoms with Crippen molar-refractivity contribution in [3.8, 4) is 0 Å². The molecule has 8 heteroatoms. The van der Waals surface area contributed by atoms with Gasteiger partial charge in [0.15, 0.2) is 0 Å². The minimum atomic E-state index is -0.885. The van der Waals surface area contributed by atoms with Gasteiger partial charge in [0.1, 0.15) is 11.2 Å². The van der Waals surface area contributed by atoms with Gasteiger partial charge < -0.3 is 19.5 Å². The average Bonchev–Trinajstić information content (AvgIpc) is 2.18. The lowest BCUT2D eigenvalue weighted by Gasteiger charge is -2.45. The van der Waals surface area contributed by atoms with Gasteiger partial charge in [0.25, 0.3) is 0 Å². The number of rotatable bonds is 0. The van der Waals surface area contributed by atoms with Crippen molar-refractivity contribution in [2.24, 2.45) is 4.99 Å². The molecule has 0 saturated carbocycles. The van der Waals surface area contributed by atoms with Crippen LogP contribution in [0.1, 0.15) is 48.5 Å². The quantitative estimate of drug-likeness (QED) is 0.520. The van der Waals surface area contributed by atoms with E-state index < -0.39 is 29.0 Å². The number of hydrogen-bond donors (Lipinski definition) is 2. The topological polar surface area (TPSA) is 100 Å². The summed E-state index contributed by atoms with van der Waals surface area (Å²) >= 11 is 0. The molecule has 8 nitrogen and oxygen atoms in total. The van der Waals surface area contributed by atoms with Crippen LogP contribution in [0.15, 0.2) is 4.99 Å². The Bertz CT molecular complexity index is 492. The van der Waals surface area contributed by atoms with E-state index in [1.54, 1.807) is 53.4 Å². The Morgan fingerprint density at radius 2 is 1.57 bits per heavy atom. The molecule has 1 saturated heterocycles. The summed E-state index contributed by atoms with van der Waals surface area (Å²) in [5.74, 6) is 0.0000231. The molecule has 2 N–H and O–H groups in total. The number of carbonyl (C=O) groups excluding carboxylic acids is 2. The van der Waals surface area contributed by atoms with Crippen LogP contribution in [-0.2, 0) is 9.47 Å². The summed E-state index contributed by atoms with van der Waals surface area (Å²) in [5, 5.41) is 12.2. The highest BCUT2D eigenvalue weighted by atomic mass is 16.6. The molecule has 1 aliphatic heterocycles. The SMILES string of the molecule is CC1(O)CN(/C(=N\C(=O)OC(C)(C)C)NC(=O)OC(C)(C)C)C1. The van der Waals surface area contributed by atoms with Crippen molar-refractivity contribution in [3.63, 3.8) is 0 Å². The Hall–Kier alpha value is -1.83. The van der Waals surface area contributed by atoms with Crippen LogP contribution in [0.2, 0.25) is 0 Å². The summed E-state index contributed by atoms with van der Waals surface area (Å²) in [6, 6.07) is 0. The lowest BCUT2D eigenvalue weighted by atomic mass is 9.98. The van der Waals surface area contributed by atoms with Crippen molar-refractivity contribution in [1.29, 1.82) is 0 Å². The monoisotopic (exact) mass is 329 g/mol. The number of ether oxygens (including phenoxy) is 2. The van der Waals surface area contributed by atoms with Gasteiger partial charge in [0.05, 0.1) is 18.7 Å². The van der Waals surface area contributed by atoms with E-state index in [9.17, 15) is 14.7 Å². The van der Waals surface area contributed by atoms with Crippen LogP contribution in [-0.4, -0.2) is 58.0 Å². The van der Waals surface area contributed by atoms with E-state index in [2.05, 4.69) is 10.3 Å². The number of carbonyl (C=O) groups is 2. The van der Waals surface area contributed by atoms with Crippen LogP contribution in [0.5, 0.6) is 0 Å². The molecule has 0 radical (unpaired) electrons. The van der Waals surface area contributed by atoms with E-state index in [-0.39, 0.29) is 19.0 Å². The second-order valence-corrected chi connectivity index (χ2v) is 7.90. The van der Waals surface area contributed by atoms with Gasteiger partial charge in [-0.25, -0.2) is 9.59 Å². The Kier molecular flexibility index (Phi) is 5.30. The first-order valence-electron chi connectivity index (χ1n) is 7.46. The zero-order valence-electron chi connectivity index (χ0n) is 14.9. The minimum Gasteiger partial charge on any atom is -0.444 e. The van der Waals surface area contributed by atoms with Crippen molar-refractivity contribution in [1.82, 2.24) is 10.2 Å². The Balaban J connectivity index is 2.82. The molecule has 1 heterocycles. The van der Waals surface area contributed by atoms with Crippen molar-refractivity contribution in [2.75, 3.05) is 13.1 Å². The Labute approximate surface area is 136 Å². The number of β-amino-alcohol motifs (C(OH)–C–C–N with tert-alkyl or cyclic N) is 1. The Morgan fingerprint density at radius 1 is 1.09 bits per heavy atom. The largest absolute Gasteiger partial charge is 0.444 e. The van der Waals surface area contributed by atoms with Gasteiger partial charge in [-0.15, -0.1) is 4.99 Å². The lowest BCUT2D eigenvalue weighted by Crippen LogP contribution is -2.65. The predicted molar refractivity (Wildman–Crippen MR) is 85.2 cm³/mol. The standard InChI is InChI=1S/C15H27N3O5/c1-13(2,3)22-11(19)16-10(18-8-15(7,21)9-18)17-12(20)23-14(4,5)6/h21H,8-9H2,1-7H3,(H,16,17,19,20). The minimum absolute atomic E-state index is 0.0000231. The predicted octanol–water partition coefficient (Wildman–Crippen LogP) is 1.87. The molecule has 0 bridgehead atoms. The highest BCUT2D eigenvalue weighted by molar-refractivity contribution is 5.99. The number of aliphatic hydroxyl groups is 1. The van der Waals surface area contributed by atoms with Crippen molar-refractivity contribution in [2.45, 2.75) is 65.3 Å². The summed E-state index contributed by atoms with van der Waals surface area (Å²) in [6.07, 6.45) is -1.55. The molecule has 0 aliphatic carbocycles. The molecule has 0 unspecified atom stereocenters. The first-order chi connectivity index (χ1) is 10.2. The van der Waals surface area contributed by atoms with E-state index in [0.29, 0.717) is 0 Å². The molecule has 1 rings (SSSR count). The summed E-state index contributed by atoms with van der Waals surface area (Å²) in [7, 11) is 0. The zero-order chi connectivity index (χ0) is 18.1. The van der Waals surface area contributed by atoms with E-state index in [4.69, 9.17) is 9.47 Å².